The molecule has 1 heterocycles. The van der Waals surface area contributed by atoms with Crippen molar-refractivity contribution >= 4 is 0 Å². The van der Waals surface area contributed by atoms with E-state index in [1.807, 2.05) is 0 Å². The van der Waals surface area contributed by atoms with Crippen LogP contribution in [0.3, 0.4) is 0 Å². The van der Waals surface area contributed by atoms with Crippen LogP contribution >= 0.6 is 0 Å². The van der Waals surface area contributed by atoms with Crippen LogP contribution in [0.15, 0.2) is 0 Å². The summed E-state index contributed by atoms with van der Waals surface area (Å²) in [6.07, 6.45) is 1.24. The third kappa shape index (κ3) is 2.68. The molecule has 0 saturated carbocycles. The molecule has 0 aromatic carbocycles. The van der Waals surface area contributed by atoms with Gasteiger partial charge in [-0.2, -0.15) is 0 Å². The van der Waals surface area contributed by atoms with E-state index in [2.05, 4.69) is 45.0 Å². The van der Waals surface area contributed by atoms with Crippen molar-refractivity contribution in [3.8, 4) is 0 Å². The summed E-state index contributed by atoms with van der Waals surface area (Å²) >= 11 is 0. The lowest BCUT2D eigenvalue weighted by Crippen LogP contribution is -2.58. The number of nitrogens with one attached hydrogen (secondary N) is 1. The van der Waals surface area contributed by atoms with Crippen molar-refractivity contribution in [3.63, 3.8) is 0 Å². The average Bonchev–Trinajstić information content (AvgIpc) is 2.01. The van der Waals surface area contributed by atoms with Crippen LogP contribution in [-0.4, -0.2) is 37.1 Å². The fourth-order valence-electron chi connectivity index (χ4n) is 2.21. The van der Waals surface area contributed by atoms with Crippen molar-refractivity contribution in [2.45, 2.75) is 46.2 Å². The SMILES string of the molecule is CCC1CN(C)C(C(C)(C)C)CN1. The fourth-order valence-corrected chi connectivity index (χ4v) is 2.21. The van der Waals surface area contributed by atoms with Gasteiger partial charge in [0.2, 0.25) is 0 Å². The highest BCUT2D eigenvalue weighted by atomic mass is 15.2. The summed E-state index contributed by atoms with van der Waals surface area (Å²) in [7, 11) is 2.25. The minimum Gasteiger partial charge on any atom is -0.311 e. The summed E-state index contributed by atoms with van der Waals surface area (Å²) in [5.41, 5.74) is 0.389. The molecule has 1 fully saturated rings. The quantitative estimate of drug-likeness (QED) is 0.667. The topological polar surface area (TPSA) is 15.3 Å². The van der Waals surface area contributed by atoms with Gasteiger partial charge in [-0.1, -0.05) is 27.7 Å². The van der Waals surface area contributed by atoms with E-state index in [1.165, 1.54) is 13.0 Å². The van der Waals surface area contributed by atoms with E-state index < -0.39 is 0 Å². The van der Waals surface area contributed by atoms with Gasteiger partial charge in [0.1, 0.15) is 0 Å². The van der Waals surface area contributed by atoms with Gasteiger partial charge in [-0.05, 0) is 18.9 Å². The molecule has 1 saturated heterocycles. The standard InChI is InChI=1S/C11H24N2/c1-6-9-8-13(5)10(7-12-9)11(2,3)4/h9-10,12H,6-8H2,1-5H3. The van der Waals surface area contributed by atoms with Crippen LogP contribution in [0.25, 0.3) is 0 Å². The molecule has 0 aromatic heterocycles. The van der Waals surface area contributed by atoms with Crippen LogP contribution in [0.4, 0.5) is 0 Å². The number of likely N-dealkylation sites (N-methyl/N-ethyl adjacent to an activating group) is 1. The van der Waals surface area contributed by atoms with Crippen molar-refractivity contribution in [1.29, 1.82) is 0 Å². The van der Waals surface area contributed by atoms with E-state index in [1.54, 1.807) is 0 Å². The Morgan fingerprint density at radius 1 is 1.38 bits per heavy atom. The minimum atomic E-state index is 0.389. The molecule has 1 rings (SSSR count). The Kier molecular flexibility index (Phi) is 3.36. The van der Waals surface area contributed by atoms with E-state index in [-0.39, 0.29) is 0 Å². The van der Waals surface area contributed by atoms with Gasteiger partial charge >= 0.3 is 0 Å². The van der Waals surface area contributed by atoms with E-state index in [0.29, 0.717) is 17.5 Å². The van der Waals surface area contributed by atoms with Crippen LogP contribution in [0.1, 0.15) is 34.1 Å². The third-order valence-corrected chi connectivity index (χ3v) is 3.13. The van der Waals surface area contributed by atoms with Crippen LogP contribution < -0.4 is 5.32 Å². The van der Waals surface area contributed by atoms with Gasteiger partial charge in [-0.15, -0.1) is 0 Å². The second-order valence-electron chi connectivity index (χ2n) is 5.33. The molecule has 2 nitrogen and oxygen atoms in total. The molecule has 78 valence electrons. The van der Waals surface area contributed by atoms with Crippen molar-refractivity contribution < 1.29 is 0 Å². The van der Waals surface area contributed by atoms with Crippen LogP contribution in [0, 0.1) is 5.41 Å². The normalized spacial score (nSPS) is 32.1. The van der Waals surface area contributed by atoms with E-state index >= 15 is 0 Å². The number of piperazine rings is 1. The summed E-state index contributed by atoms with van der Waals surface area (Å²) in [5.74, 6) is 0. The molecule has 0 bridgehead atoms. The molecular formula is C11H24N2. The Balaban J connectivity index is 2.53. The maximum absolute atomic E-state index is 3.61. The smallest absolute Gasteiger partial charge is 0.0266 e. The maximum Gasteiger partial charge on any atom is 0.0266 e. The maximum atomic E-state index is 3.61. The van der Waals surface area contributed by atoms with Gasteiger partial charge in [-0.25, -0.2) is 0 Å². The summed E-state index contributed by atoms with van der Waals surface area (Å²) in [6, 6.07) is 1.37. The van der Waals surface area contributed by atoms with Crippen molar-refractivity contribution in [3.05, 3.63) is 0 Å². The first-order valence-corrected chi connectivity index (χ1v) is 5.38. The Morgan fingerprint density at radius 2 is 2.00 bits per heavy atom. The number of rotatable bonds is 1. The lowest BCUT2D eigenvalue weighted by molar-refractivity contribution is 0.0782. The monoisotopic (exact) mass is 184 g/mol. The van der Waals surface area contributed by atoms with Gasteiger partial charge in [0.15, 0.2) is 0 Å². The predicted octanol–water partition coefficient (Wildman–Crippen LogP) is 1.71. The van der Waals surface area contributed by atoms with Crippen molar-refractivity contribution in [2.75, 3.05) is 20.1 Å². The largest absolute Gasteiger partial charge is 0.311 e. The first-order valence-electron chi connectivity index (χ1n) is 5.38. The summed E-state index contributed by atoms with van der Waals surface area (Å²) in [6.45, 7) is 11.5. The van der Waals surface area contributed by atoms with E-state index in [0.717, 1.165) is 6.54 Å². The molecule has 2 unspecified atom stereocenters. The van der Waals surface area contributed by atoms with Crippen molar-refractivity contribution in [1.82, 2.24) is 10.2 Å². The zero-order valence-corrected chi connectivity index (χ0v) is 9.72. The zero-order valence-electron chi connectivity index (χ0n) is 9.72. The van der Waals surface area contributed by atoms with Crippen molar-refractivity contribution in [2.24, 2.45) is 5.41 Å². The first-order chi connectivity index (χ1) is 5.95. The van der Waals surface area contributed by atoms with Gasteiger partial charge in [-0.3, -0.25) is 0 Å². The van der Waals surface area contributed by atoms with Gasteiger partial charge in [0.05, 0.1) is 0 Å². The molecule has 13 heavy (non-hydrogen) atoms. The molecule has 1 N–H and O–H groups in total. The highest BCUT2D eigenvalue weighted by Crippen LogP contribution is 2.25. The zero-order chi connectivity index (χ0) is 10.1. The van der Waals surface area contributed by atoms with Crippen LogP contribution in [0.5, 0.6) is 0 Å². The number of hydrogen-bond acceptors (Lipinski definition) is 2. The van der Waals surface area contributed by atoms with Crippen LogP contribution in [0.2, 0.25) is 0 Å². The van der Waals surface area contributed by atoms with Crippen LogP contribution in [-0.2, 0) is 0 Å². The first kappa shape index (κ1) is 11.0. The Bertz CT molecular complexity index is 160. The highest BCUT2D eigenvalue weighted by molar-refractivity contribution is 4.90. The third-order valence-electron chi connectivity index (χ3n) is 3.13. The Labute approximate surface area is 82.7 Å². The molecular weight excluding hydrogens is 160 g/mol. The summed E-state index contributed by atoms with van der Waals surface area (Å²) in [5, 5.41) is 3.61. The molecule has 0 spiro atoms. The predicted molar refractivity (Wildman–Crippen MR) is 58.0 cm³/mol. The number of nitrogens with zero attached hydrogens (tertiary/aromatic N) is 1. The van der Waals surface area contributed by atoms with E-state index in [9.17, 15) is 0 Å². The lowest BCUT2D eigenvalue weighted by Gasteiger charge is -2.44. The molecule has 1 aliphatic rings. The number of hydrogen-bond donors (Lipinski definition) is 1. The Hall–Kier alpha value is -0.0800. The molecule has 2 atom stereocenters. The summed E-state index contributed by atoms with van der Waals surface area (Å²) in [4.78, 5) is 2.50. The lowest BCUT2D eigenvalue weighted by atomic mass is 9.84. The molecule has 0 radical (unpaired) electrons. The van der Waals surface area contributed by atoms with Gasteiger partial charge in [0.25, 0.3) is 0 Å². The molecule has 0 aromatic rings. The molecule has 0 aliphatic carbocycles. The Morgan fingerprint density at radius 3 is 2.38 bits per heavy atom. The summed E-state index contributed by atoms with van der Waals surface area (Å²) < 4.78 is 0. The highest BCUT2D eigenvalue weighted by Gasteiger charge is 2.32. The van der Waals surface area contributed by atoms with Gasteiger partial charge < -0.3 is 10.2 Å². The molecule has 1 aliphatic heterocycles. The van der Waals surface area contributed by atoms with Gasteiger partial charge in [0, 0.05) is 25.2 Å². The van der Waals surface area contributed by atoms with E-state index in [4.69, 9.17) is 0 Å². The average molecular weight is 184 g/mol. The minimum absolute atomic E-state index is 0.389. The molecule has 2 heteroatoms. The second-order valence-corrected chi connectivity index (χ2v) is 5.33. The molecule has 0 amide bonds. The second kappa shape index (κ2) is 3.97. The fraction of sp³-hybridized carbons (Fsp3) is 1.00.